The molecule has 1 aromatic rings. The summed E-state index contributed by atoms with van der Waals surface area (Å²) in [5.41, 5.74) is 0.235. The predicted molar refractivity (Wildman–Crippen MR) is 95.6 cm³/mol. The van der Waals surface area contributed by atoms with Gasteiger partial charge in [0.25, 0.3) is 0 Å². The third-order valence-corrected chi connectivity index (χ3v) is 4.32. The predicted octanol–water partition coefficient (Wildman–Crippen LogP) is 3.36. The molecule has 0 bridgehead atoms. The molecule has 2 rings (SSSR count). The second-order valence-electron chi connectivity index (χ2n) is 6.64. The van der Waals surface area contributed by atoms with Crippen LogP contribution in [0, 0.1) is 0 Å². The van der Waals surface area contributed by atoms with Gasteiger partial charge in [0, 0.05) is 7.05 Å². The molecular formula is C18H26BNO3. The van der Waals surface area contributed by atoms with Crippen molar-refractivity contribution in [3.8, 4) is 5.75 Å². The zero-order valence-electron chi connectivity index (χ0n) is 14.9. The lowest BCUT2D eigenvalue weighted by atomic mass is 9.79. The highest BCUT2D eigenvalue weighted by Crippen LogP contribution is 2.36. The van der Waals surface area contributed by atoms with Crippen molar-refractivity contribution in [2.45, 2.75) is 52.2 Å². The molecule has 0 radical (unpaired) electrons. The SMILES string of the molecule is CC/C=C\C(=NC)Oc1cccc(B2OC(C)(C)C(C)(C)O2)c1. The second-order valence-corrected chi connectivity index (χ2v) is 6.64. The molecule has 23 heavy (non-hydrogen) atoms. The minimum Gasteiger partial charge on any atom is -0.439 e. The Morgan fingerprint density at radius 2 is 1.87 bits per heavy atom. The number of ether oxygens (including phenoxy) is 1. The van der Waals surface area contributed by atoms with Crippen LogP contribution in [-0.2, 0) is 9.31 Å². The molecule has 4 nitrogen and oxygen atoms in total. The second kappa shape index (κ2) is 6.89. The summed E-state index contributed by atoms with van der Waals surface area (Å²) in [7, 11) is 1.32. The topological polar surface area (TPSA) is 40.0 Å². The van der Waals surface area contributed by atoms with Gasteiger partial charge in [0.15, 0.2) is 0 Å². The Morgan fingerprint density at radius 3 is 2.43 bits per heavy atom. The third-order valence-electron chi connectivity index (χ3n) is 4.32. The minimum atomic E-state index is -0.392. The molecule has 0 aromatic heterocycles. The highest BCUT2D eigenvalue weighted by molar-refractivity contribution is 6.62. The lowest BCUT2D eigenvalue weighted by Crippen LogP contribution is -2.41. The molecule has 124 valence electrons. The monoisotopic (exact) mass is 315 g/mol. The van der Waals surface area contributed by atoms with Crippen LogP contribution in [0.5, 0.6) is 5.75 Å². The quantitative estimate of drug-likeness (QED) is 0.486. The van der Waals surface area contributed by atoms with Gasteiger partial charge in [0.2, 0.25) is 5.90 Å². The van der Waals surface area contributed by atoms with E-state index in [0.29, 0.717) is 5.90 Å². The van der Waals surface area contributed by atoms with Crippen molar-refractivity contribution in [3.63, 3.8) is 0 Å². The van der Waals surface area contributed by atoms with E-state index in [-0.39, 0.29) is 11.2 Å². The van der Waals surface area contributed by atoms with Crippen molar-refractivity contribution in [2.24, 2.45) is 4.99 Å². The van der Waals surface area contributed by atoms with Gasteiger partial charge >= 0.3 is 7.12 Å². The van der Waals surface area contributed by atoms with Crippen LogP contribution in [-0.4, -0.2) is 31.3 Å². The smallest absolute Gasteiger partial charge is 0.439 e. The van der Waals surface area contributed by atoms with Gasteiger partial charge in [0.1, 0.15) is 5.75 Å². The number of rotatable bonds is 4. The molecule has 0 atom stereocenters. The molecule has 0 unspecified atom stereocenters. The van der Waals surface area contributed by atoms with Gasteiger partial charge in [-0.15, -0.1) is 0 Å². The molecule has 0 N–H and O–H groups in total. The summed E-state index contributed by atoms with van der Waals surface area (Å²) in [6.07, 6.45) is 4.83. The van der Waals surface area contributed by atoms with Crippen LogP contribution in [0.3, 0.4) is 0 Å². The first-order valence-electron chi connectivity index (χ1n) is 8.06. The molecular weight excluding hydrogens is 289 g/mol. The molecule has 1 fully saturated rings. The molecule has 1 heterocycles. The van der Waals surface area contributed by atoms with Crippen LogP contribution in [0.2, 0.25) is 0 Å². The number of aliphatic imine (C=N–C) groups is 1. The average molecular weight is 315 g/mol. The largest absolute Gasteiger partial charge is 0.494 e. The van der Waals surface area contributed by atoms with Gasteiger partial charge in [-0.05, 0) is 57.8 Å². The molecule has 5 heteroatoms. The zero-order chi connectivity index (χ0) is 17.1. The van der Waals surface area contributed by atoms with Crippen LogP contribution in [0.1, 0.15) is 41.0 Å². The first kappa shape index (κ1) is 17.8. The summed E-state index contributed by atoms with van der Waals surface area (Å²) in [5, 5.41) is 0. The summed E-state index contributed by atoms with van der Waals surface area (Å²) < 4.78 is 18.0. The fourth-order valence-electron chi connectivity index (χ4n) is 2.20. The highest BCUT2D eigenvalue weighted by atomic mass is 16.7. The Hall–Kier alpha value is -1.59. The van der Waals surface area contributed by atoms with Crippen molar-refractivity contribution in [1.29, 1.82) is 0 Å². The van der Waals surface area contributed by atoms with Gasteiger partial charge in [-0.1, -0.05) is 25.1 Å². The van der Waals surface area contributed by atoms with E-state index in [9.17, 15) is 0 Å². The maximum Gasteiger partial charge on any atom is 0.494 e. The molecule has 0 saturated carbocycles. The van der Waals surface area contributed by atoms with Gasteiger partial charge in [0.05, 0.1) is 11.2 Å². The number of benzene rings is 1. The van der Waals surface area contributed by atoms with E-state index < -0.39 is 7.12 Å². The Labute approximate surface area is 139 Å². The van der Waals surface area contributed by atoms with Crippen molar-refractivity contribution >= 4 is 18.5 Å². The van der Waals surface area contributed by atoms with E-state index >= 15 is 0 Å². The van der Waals surface area contributed by atoms with Crippen molar-refractivity contribution in [3.05, 3.63) is 36.4 Å². The first-order chi connectivity index (χ1) is 10.8. The molecule has 1 aromatic carbocycles. The summed E-state index contributed by atoms with van der Waals surface area (Å²) in [5.74, 6) is 1.30. The molecule has 0 aliphatic carbocycles. The summed E-state index contributed by atoms with van der Waals surface area (Å²) in [6, 6.07) is 7.76. The minimum absolute atomic E-state index is 0.353. The van der Waals surface area contributed by atoms with Crippen LogP contribution in [0.25, 0.3) is 0 Å². The van der Waals surface area contributed by atoms with Crippen LogP contribution < -0.4 is 10.2 Å². The average Bonchev–Trinajstić information content (AvgIpc) is 2.72. The van der Waals surface area contributed by atoms with E-state index in [1.807, 2.05) is 64.1 Å². The van der Waals surface area contributed by atoms with E-state index in [0.717, 1.165) is 17.6 Å². The Bertz CT molecular complexity index is 592. The van der Waals surface area contributed by atoms with Crippen molar-refractivity contribution < 1.29 is 14.0 Å². The normalized spacial score (nSPS) is 20.3. The van der Waals surface area contributed by atoms with E-state index in [2.05, 4.69) is 11.9 Å². The number of allylic oxidation sites excluding steroid dienone is 1. The van der Waals surface area contributed by atoms with Crippen LogP contribution in [0.4, 0.5) is 0 Å². The van der Waals surface area contributed by atoms with Gasteiger partial charge in [-0.3, -0.25) is 4.99 Å². The standard InChI is InChI=1S/C18H26BNO3/c1-7-8-12-16(20-6)21-15-11-9-10-14(13-15)19-22-17(2,3)18(4,5)23-19/h8-13H,7H2,1-6H3/b12-8-,20-16?. The molecule has 0 amide bonds. The number of hydrogen-bond donors (Lipinski definition) is 0. The number of hydrogen-bond acceptors (Lipinski definition) is 4. The third kappa shape index (κ3) is 4.04. The highest BCUT2D eigenvalue weighted by Gasteiger charge is 2.51. The Kier molecular flexibility index (Phi) is 5.32. The molecule has 0 spiro atoms. The molecule has 1 aliphatic rings. The molecule has 1 aliphatic heterocycles. The number of nitrogens with zero attached hydrogens (tertiary/aromatic N) is 1. The lowest BCUT2D eigenvalue weighted by molar-refractivity contribution is 0.00578. The Morgan fingerprint density at radius 1 is 1.22 bits per heavy atom. The van der Waals surface area contributed by atoms with E-state index in [4.69, 9.17) is 14.0 Å². The van der Waals surface area contributed by atoms with Crippen molar-refractivity contribution in [1.82, 2.24) is 0 Å². The lowest BCUT2D eigenvalue weighted by Gasteiger charge is -2.32. The van der Waals surface area contributed by atoms with Crippen molar-refractivity contribution in [2.75, 3.05) is 7.05 Å². The summed E-state index contributed by atoms with van der Waals surface area (Å²) in [6.45, 7) is 10.3. The fourth-order valence-corrected chi connectivity index (χ4v) is 2.20. The van der Waals surface area contributed by atoms with E-state index in [1.54, 1.807) is 7.05 Å². The van der Waals surface area contributed by atoms with E-state index in [1.165, 1.54) is 0 Å². The summed E-state index contributed by atoms with van der Waals surface area (Å²) in [4.78, 5) is 4.14. The van der Waals surface area contributed by atoms with Gasteiger partial charge in [-0.25, -0.2) is 0 Å². The summed E-state index contributed by atoms with van der Waals surface area (Å²) >= 11 is 0. The van der Waals surface area contributed by atoms with Crippen LogP contribution >= 0.6 is 0 Å². The maximum absolute atomic E-state index is 6.08. The Balaban J connectivity index is 2.17. The van der Waals surface area contributed by atoms with Crippen LogP contribution in [0.15, 0.2) is 41.4 Å². The van der Waals surface area contributed by atoms with Gasteiger partial charge < -0.3 is 14.0 Å². The first-order valence-corrected chi connectivity index (χ1v) is 8.06. The zero-order valence-corrected chi connectivity index (χ0v) is 14.9. The maximum atomic E-state index is 6.08. The fraction of sp³-hybridized carbons (Fsp3) is 0.500. The van der Waals surface area contributed by atoms with Gasteiger partial charge in [-0.2, -0.15) is 0 Å². The molecule has 1 saturated heterocycles.